The maximum Gasteiger partial charge on any atom is 0.248 e. The van der Waals surface area contributed by atoms with Crippen molar-refractivity contribution >= 4 is 39.7 Å². The molecule has 0 aliphatic rings. The van der Waals surface area contributed by atoms with Crippen LogP contribution in [-0.4, -0.2) is 20.1 Å². The molecular weight excluding hydrogens is 457 g/mol. The first-order valence-electron chi connectivity index (χ1n) is 10.5. The molecule has 174 valence electrons. The van der Waals surface area contributed by atoms with Crippen molar-refractivity contribution in [3.63, 3.8) is 0 Å². The molecule has 7 heteroatoms. The van der Waals surface area contributed by atoms with Gasteiger partial charge in [0.15, 0.2) is 0 Å². The summed E-state index contributed by atoms with van der Waals surface area (Å²) in [5.74, 6) is 0.434. The molecule has 0 unspecified atom stereocenters. The molecule has 0 aliphatic carbocycles. The van der Waals surface area contributed by atoms with E-state index in [1.165, 1.54) is 24.3 Å². The quantitative estimate of drug-likeness (QED) is 0.296. The molecule has 1 N–H and O–H groups in total. The molecule has 0 aliphatic heterocycles. The fraction of sp³-hybridized carbons (Fsp3) is 0.148. The molecule has 4 rings (SSSR count). The van der Waals surface area contributed by atoms with Crippen molar-refractivity contribution < 1.29 is 23.1 Å². The van der Waals surface area contributed by atoms with Crippen LogP contribution in [0.3, 0.4) is 0 Å². The zero-order chi connectivity index (χ0) is 24.4. The summed E-state index contributed by atoms with van der Waals surface area (Å²) in [4.78, 5) is 12.7. The number of furan rings is 1. The van der Waals surface area contributed by atoms with E-state index in [0.717, 1.165) is 33.4 Å². The second-order valence-corrected chi connectivity index (χ2v) is 8.19. The Bertz CT molecular complexity index is 1420. The maximum atomic E-state index is 13.4. The van der Waals surface area contributed by atoms with Gasteiger partial charge in [-0.2, -0.15) is 0 Å². The number of hydrogen-bond donors (Lipinski definition) is 1. The number of ether oxygens (including phenoxy) is 2. The van der Waals surface area contributed by atoms with Crippen molar-refractivity contribution in [1.29, 1.82) is 0 Å². The first-order valence-corrected chi connectivity index (χ1v) is 10.9. The molecule has 0 radical (unpaired) electrons. The van der Waals surface area contributed by atoms with Crippen molar-refractivity contribution in [1.82, 2.24) is 0 Å². The zero-order valence-electron chi connectivity index (χ0n) is 19.2. The van der Waals surface area contributed by atoms with Crippen LogP contribution in [0.2, 0.25) is 5.02 Å². The molecule has 5 nitrogen and oxygen atoms in total. The standard InChI is InChI=1S/C27H23ClFNO4/c1-15(10-25(31)30-18-8-9-24(29)23(28)12-18)20-13-21-22(17-6-5-7-19(11-17)32-3)14-34-27(21)16(2)26(20)33-4/h5-14H,1-4H3,(H,30,31)/b15-10+. The van der Waals surface area contributed by atoms with Gasteiger partial charge < -0.3 is 19.2 Å². The molecule has 4 aromatic rings. The van der Waals surface area contributed by atoms with Gasteiger partial charge in [-0.15, -0.1) is 0 Å². The van der Waals surface area contributed by atoms with Crippen molar-refractivity contribution in [2.24, 2.45) is 0 Å². The number of nitrogens with one attached hydrogen (secondary N) is 1. The van der Waals surface area contributed by atoms with Crippen LogP contribution in [0.1, 0.15) is 18.1 Å². The van der Waals surface area contributed by atoms with Gasteiger partial charge in [-0.3, -0.25) is 4.79 Å². The number of anilines is 1. The van der Waals surface area contributed by atoms with E-state index in [1.54, 1.807) is 20.5 Å². The van der Waals surface area contributed by atoms with Crippen LogP contribution in [0.25, 0.3) is 27.7 Å². The van der Waals surface area contributed by atoms with Gasteiger partial charge in [0, 0.05) is 33.8 Å². The lowest BCUT2D eigenvalue weighted by atomic mass is 9.96. The minimum atomic E-state index is -0.549. The van der Waals surface area contributed by atoms with Crippen molar-refractivity contribution in [3.05, 3.63) is 82.8 Å². The predicted molar refractivity (Wildman–Crippen MR) is 133 cm³/mol. The molecule has 3 aromatic carbocycles. The monoisotopic (exact) mass is 479 g/mol. The van der Waals surface area contributed by atoms with Crippen LogP contribution in [0.5, 0.6) is 11.5 Å². The molecule has 0 atom stereocenters. The van der Waals surface area contributed by atoms with E-state index in [2.05, 4.69) is 5.32 Å². The Kier molecular flexibility index (Phi) is 6.61. The normalized spacial score (nSPS) is 11.5. The number of carbonyl (C=O) groups excluding carboxylic acids is 1. The van der Waals surface area contributed by atoms with Gasteiger partial charge in [-0.1, -0.05) is 23.7 Å². The number of rotatable bonds is 6. The number of aryl methyl sites for hydroxylation is 1. The number of halogens is 2. The average Bonchev–Trinajstić information content (AvgIpc) is 3.25. The van der Waals surface area contributed by atoms with Gasteiger partial charge in [0.25, 0.3) is 0 Å². The van der Waals surface area contributed by atoms with Gasteiger partial charge in [0.2, 0.25) is 5.91 Å². The summed E-state index contributed by atoms with van der Waals surface area (Å²) in [7, 11) is 3.20. The van der Waals surface area contributed by atoms with Gasteiger partial charge in [-0.05, 0) is 61.4 Å². The van der Waals surface area contributed by atoms with Gasteiger partial charge in [0.05, 0.1) is 25.5 Å². The van der Waals surface area contributed by atoms with Gasteiger partial charge in [-0.25, -0.2) is 4.39 Å². The van der Waals surface area contributed by atoms with Gasteiger partial charge >= 0.3 is 0 Å². The van der Waals surface area contributed by atoms with E-state index in [0.29, 0.717) is 22.6 Å². The third kappa shape index (κ3) is 4.50. The molecular formula is C27H23ClFNO4. The fourth-order valence-electron chi connectivity index (χ4n) is 3.91. The molecule has 34 heavy (non-hydrogen) atoms. The molecule has 0 saturated carbocycles. The topological polar surface area (TPSA) is 60.7 Å². The number of amides is 1. The Morgan fingerprint density at radius 1 is 1.12 bits per heavy atom. The lowest BCUT2D eigenvalue weighted by Gasteiger charge is -2.13. The van der Waals surface area contributed by atoms with Crippen LogP contribution in [-0.2, 0) is 4.79 Å². The molecule has 0 saturated heterocycles. The van der Waals surface area contributed by atoms with Crippen LogP contribution < -0.4 is 14.8 Å². The first kappa shape index (κ1) is 23.4. The number of methoxy groups -OCH3 is 2. The Morgan fingerprint density at radius 2 is 1.91 bits per heavy atom. The van der Waals surface area contributed by atoms with Crippen LogP contribution >= 0.6 is 11.6 Å². The highest BCUT2D eigenvalue weighted by atomic mass is 35.5. The minimum absolute atomic E-state index is 0.0636. The van der Waals surface area contributed by atoms with Crippen molar-refractivity contribution in [3.8, 4) is 22.6 Å². The van der Waals surface area contributed by atoms with E-state index in [1.807, 2.05) is 44.2 Å². The highest BCUT2D eigenvalue weighted by Gasteiger charge is 2.19. The molecule has 1 amide bonds. The Labute approximate surface area is 201 Å². The SMILES string of the molecule is COc1cccc(-c2coc3c(C)c(OC)c(/C(C)=C/C(=O)Nc4ccc(F)c(Cl)c4)cc23)c1. The van der Waals surface area contributed by atoms with E-state index in [-0.39, 0.29) is 10.9 Å². The van der Waals surface area contributed by atoms with Crippen molar-refractivity contribution in [2.45, 2.75) is 13.8 Å². The number of allylic oxidation sites excluding steroid dienone is 1. The number of benzene rings is 3. The number of fused-ring (bicyclic) bond motifs is 1. The summed E-state index contributed by atoms with van der Waals surface area (Å²) in [5, 5.41) is 3.53. The van der Waals surface area contributed by atoms with E-state index < -0.39 is 5.82 Å². The number of carbonyl (C=O) groups is 1. The van der Waals surface area contributed by atoms with Crippen LogP contribution in [0.15, 0.2) is 65.3 Å². The summed E-state index contributed by atoms with van der Waals surface area (Å²) in [6.45, 7) is 3.74. The largest absolute Gasteiger partial charge is 0.497 e. The van der Waals surface area contributed by atoms with Crippen LogP contribution in [0, 0.1) is 12.7 Å². The predicted octanol–water partition coefficient (Wildman–Crippen LogP) is 7.26. The highest BCUT2D eigenvalue weighted by Crippen LogP contribution is 2.41. The second-order valence-electron chi connectivity index (χ2n) is 7.79. The molecule has 1 aromatic heterocycles. The maximum absolute atomic E-state index is 13.4. The summed E-state index contributed by atoms with van der Waals surface area (Å²) >= 11 is 5.81. The van der Waals surface area contributed by atoms with E-state index >= 15 is 0 Å². The fourth-order valence-corrected chi connectivity index (χ4v) is 4.09. The number of hydrogen-bond acceptors (Lipinski definition) is 4. The molecule has 0 spiro atoms. The minimum Gasteiger partial charge on any atom is -0.497 e. The zero-order valence-corrected chi connectivity index (χ0v) is 19.9. The summed E-state index contributed by atoms with van der Waals surface area (Å²) in [6.07, 6.45) is 3.17. The summed E-state index contributed by atoms with van der Waals surface area (Å²) in [6, 6.07) is 13.7. The summed E-state index contributed by atoms with van der Waals surface area (Å²) in [5.41, 5.74) is 5.21. The average molecular weight is 480 g/mol. The highest BCUT2D eigenvalue weighted by molar-refractivity contribution is 6.31. The molecule has 0 fully saturated rings. The first-order chi connectivity index (χ1) is 16.3. The van der Waals surface area contributed by atoms with Gasteiger partial charge in [0.1, 0.15) is 22.9 Å². The third-order valence-corrected chi connectivity index (χ3v) is 5.88. The molecule has 0 bridgehead atoms. The van der Waals surface area contributed by atoms with E-state index in [4.69, 9.17) is 25.5 Å². The molecule has 1 heterocycles. The Balaban J connectivity index is 1.75. The Hall–Kier alpha value is -3.77. The van der Waals surface area contributed by atoms with E-state index in [9.17, 15) is 9.18 Å². The Morgan fingerprint density at radius 3 is 2.62 bits per heavy atom. The lowest BCUT2D eigenvalue weighted by Crippen LogP contribution is -2.09. The van der Waals surface area contributed by atoms with Crippen LogP contribution in [0.4, 0.5) is 10.1 Å². The third-order valence-electron chi connectivity index (χ3n) is 5.59. The smallest absolute Gasteiger partial charge is 0.248 e. The second kappa shape index (κ2) is 9.61. The van der Waals surface area contributed by atoms with Crippen molar-refractivity contribution in [2.75, 3.05) is 19.5 Å². The lowest BCUT2D eigenvalue weighted by molar-refractivity contribution is -0.111. The summed E-state index contributed by atoms with van der Waals surface area (Å²) < 4.78 is 30.3.